The molecule has 3 atom stereocenters. The zero-order chi connectivity index (χ0) is 19.3. The second-order valence-corrected chi connectivity index (χ2v) is 8.18. The van der Waals surface area contributed by atoms with E-state index in [0.717, 1.165) is 17.7 Å². The van der Waals surface area contributed by atoms with E-state index in [9.17, 15) is 22.8 Å². The van der Waals surface area contributed by atoms with Crippen LogP contribution in [-0.4, -0.2) is 22.9 Å². The van der Waals surface area contributed by atoms with Gasteiger partial charge in [0, 0.05) is 22.3 Å². The fourth-order valence-electron chi connectivity index (χ4n) is 3.98. The number of hydrogen-bond acceptors (Lipinski definition) is 5. The van der Waals surface area contributed by atoms with Gasteiger partial charge in [-0.15, -0.1) is 24.5 Å². The van der Waals surface area contributed by atoms with Crippen molar-refractivity contribution in [1.29, 1.82) is 0 Å². The minimum absolute atomic E-state index is 0.0392. The molecular weight excluding hydrogens is 379 g/mol. The number of aromatic nitrogens is 1. The number of ether oxygens (including phenoxy) is 1. The van der Waals surface area contributed by atoms with E-state index in [1.165, 1.54) is 35.6 Å². The van der Waals surface area contributed by atoms with Crippen molar-refractivity contribution in [2.75, 3.05) is 0 Å². The highest BCUT2D eigenvalue weighted by Crippen LogP contribution is 2.45. The zero-order valence-corrected chi connectivity index (χ0v) is 15.2. The molecule has 8 heteroatoms. The third-order valence-corrected chi connectivity index (χ3v) is 6.28. The zero-order valence-electron chi connectivity index (χ0n) is 14.4. The van der Waals surface area contributed by atoms with E-state index in [2.05, 4.69) is 9.72 Å². The number of halogens is 3. The van der Waals surface area contributed by atoms with Crippen LogP contribution in [0, 0.1) is 18.8 Å². The van der Waals surface area contributed by atoms with E-state index >= 15 is 0 Å². The van der Waals surface area contributed by atoms with Gasteiger partial charge >= 0.3 is 6.36 Å². The number of carbonyl (C=O) groups is 2. The fraction of sp³-hybridized carbons (Fsp3) is 0.421. The SMILES string of the molecule is Cc1sc(-c2ccc(OC(F)(F)F)cc2)nc1C1C(=O)[C@@H]2CC[C@@H](C2)C1=O. The van der Waals surface area contributed by atoms with Gasteiger partial charge in [0.25, 0.3) is 0 Å². The number of Topliss-reactive ketones (excluding diaryl/α,β-unsaturated/α-hetero) is 2. The summed E-state index contributed by atoms with van der Waals surface area (Å²) in [7, 11) is 0. The number of alkyl halides is 3. The van der Waals surface area contributed by atoms with Gasteiger partial charge in [-0.3, -0.25) is 9.59 Å². The predicted molar refractivity (Wildman–Crippen MR) is 92.6 cm³/mol. The number of ketones is 2. The Kier molecular flexibility index (Phi) is 4.33. The van der Waals surface area contributed by atoms with Crippen LogP contribution < -0.4 is 4.74 Å². The Hall–Kier alpha value is -2.22. The number of rotatable bonds is 3. The second-order valence-electron chi connectivity index (χ2n) is 6.98. The number of hydrogen-bond donors (Lipinski definition) is 0. The summed E-state index contributed by atoms with van der Waals surface area (Å²) in [4.78, 5) is 30.7. The maximum Gasteiger partial charge on any atom is 0.573 e. The molecule has 1 aromatic carbocycles. The van der Waals surface area contributed by atoms with Gasteiger partial charge in [-0.2, -0.15) is 0 Å². The molecule has 4 rings (SSSR count). The monoisotopic (exact) mass is 395 g/mol. The maximum atomic E-state index is 12.7. The number of aryl methyl sites for hydroxylation is 1. The first-order valence-electron chi connectivity index (χ1n) is 8.64. The molecule has 0 amide bonds. The minimum Gasteiger partial charge on any atom is -0.406 e. The van der Waals surface area contributed by atoms with Crippen LogP contribution in [0.2, 0.25) is 0 Å². The third-order valence-electron chi connectivity index (χ3n) is 5.25. The largest absolute Gasteiger partial charge is 0.573 e. The van der Waals surface area contributed by atoms with Crippen LogP contribution in [0.15, 0.2) is 24.3 Å². The van der Waals surface area contributed by atoms with Crippen molar-refractivity contribution in [3.63, 3.8) is 0 Å². The van der Waals surface area contributed by atoms with Crippen molar-refractivity contribution in [2.45, 2.75) is 38.5 Å². The van der Waals surface area contributed by atoms with Gasteiger partial charge in [-0.05, 0) is 50.5 Å². The normalized spacial score (nSPS) is 25.1. The molecule has 1 aromatic heterocycles. The average molecular weight is 395 g/mol. The highest BCUT2D eigenvalue weighted by molar-refractivity contribution is 7.15. The first-order valence-corrected chi connectivity index (χ1v) is 9.45. The van der Waals surface area contributed by atoms with Crippen molar-refractivity contribution in [2.24, 2.45) is 11.8 Å². The summed E-state index contributed by atoms with van der Waals surface area (Å²) in [6.45, 7) is 1.81. The Morgan fingerprint density at radius 2 is 1.67 bits per heavy atom. The van der Waals surface area contributed by atoms with Gasteiger partial charge in [-0.25, -0.2) is 4.98 Å². The molecule has 4 nitrogen and oxygen atoms in total. The van der Waals surface area contributed by atoms with Crippen LogP contribution in [0.25, 0.3) is 10.6 Å². The summed E-state index contributed by atoms with van der Waals surface area (Å²) in [6, 6.07) is 5.40. The molecule has 2 aliphatic carbocycles. The van der Waals surface area contributed by atoms with Crippen molar-refractivity contribution < 1.29 is 27.5 Å². The van der Waals surface area contributed by atoms with Crippen molar-refractivity contribution in [3.05, 3.63) is 34.8 Å². The van der Waals surface area contributed by atoms with E-state index in [1.54, 1.807) is 0 Å². The molecule has 0 aliphatic heterocycles. The van der Waals surface area contributed by atoms with E-state index < -0.39 is 12.3 Å². The lowest BCUT2D eigenvalue weighted by atomic mass is 9.77. The van der Waals surface area contributed by atoms with Crippen molar-refractivity contribution in [3.8, 4) is 16.3 Å². The fourth-order valence-corrected chi connectivity index (χ4v) is 4.93. The van der Waals surface area contributed by atoms with Gasteiger partial charge in [0.15, 0.2) is 11.6 Å². The summed E-state index contributed by atoms with van der Waals surface area (Å²) in [5.74, 6) is -1.30. The number of benzene rings is 1. The Labute approximate surface area is 157 Å². The highest BCUT2D eigenvalue weighted by atomic mass is 32.1. The Balaban J connectivity index is 1.62. The van der Waals surface area contributed by atoms with E-state index in [1.807, 2.05) is 6.92 Å². The minimum atomic E-state index is -4.74. The summed E-state index contributed by atoms with van der Waals surface area (Å²) in [5, 5.41) is 0.569. The lowest BCUT2D eigenvalue weighted by Gasteiger charge is -2.24. The van der Waals surface area contributed by atoms with Crippen molar-refractivity contribution in [1.82, 2.24) is 4.98 Å². The van der Waals surface area contributed by atoms with Crippen LogP contribution in [0.1, 0.15) is 35.8 Å². The molecule has 2 aliphatic rings. The standard InChI is InChI=1S/C19H16F3NO3S/c1-9-15(14-16(24)11-2-3-12(8-11)17(14)25)23-18(27-9)10-4-6-13(7-5-10)26-19(20,21)22/h4-7,11-12,14H,2-3,8H2,1H3/t11-,12+,14?. The van der Waals surface area contributed by atoms with Crippen LogP contribution >= 0.6 is 11.3 Å². The molecule has 1 unspecified atom stereocenters. The molecular formula is C19H16F3NO3S. The second kappa shape index (κ2) is 6.44. The van der Waals surface area contributed by atoms with Crippen LogP contribution in [0.3, 0.4) is 0 Å². The van der Waals surface area contributed by atoms with Gasteiger partial charge in [0.05, 0.1) is 5.69 Å². The molecule has 0 saturated heterocycles. The Bertz CT molecular complexity index is 882. The highest BCUT2D eigenvalue weighted by Gasteiger charge is 2.48. The molecule has 142 valence electrons. The third kappa shape index (κ3) is 3.38. The average Bonchev–Trinajstić information content (AvgIpc) is 3.19. The smallest absolute Gasteiger partial charge is 0.406 e. The number of fused-ring (bicyclic) bond motifs is 2. The topological polar surface area (TPSA) is 56.3 Å². The van der Waals surface area contributed by atoms with Gasteiger partial charge < -0.3 is 4.74 Å². The first kappa shape index (κ1) is 18.2. The maximum absolute atomic E-state index is 12.7. The van der Waals surface area contributed by atoms with Crippen LogP contribution in [-0.2, 0) is 9.59 Å². The number of thiazole rings is 1. The molecule has 27 heavy (non-hydrogen) atoms. The lowest BCUT2D eigenvalue weighted by Crippen LogP contribution is -2.35. The Morgan fingerprint density at radius 1 is 1.07 bits per heavy atom. The predicted octanol–water partition coefficient (Wildman–Crippen LogP) is 4.67. The number of carbonyl (C=O) groups excluding carboxylic acids is 2. The van der Waals surface area contributed by atoms with Gasteiger partial charge in [0.1, 0.15) is 16.7 Å². The molecule has 0 N–H and O–H groups in total. The molecule has 0 radical (unpaired) electrons. The van der Waals surface area contributed by atoms with E-state index in [-0.39, 0.29) is 29.2 Å². The Morgan fingerprint density at radius 3 is 2.22 bits per heavy atom. The quantitative estimate of drug-likeness (QED) is 0.709. The molecule has 0 spiro atoms. The van der Waals surface area contributed by atoms with Gasteiger partial charge in [-0.1, -0.05) is 0 Å². The summed E-state index contributed by atoms with van der Waals surface area (Å²) in [5.41, 5.74) is 1.11. The number of nitrogens with zero attached hydrogens (tertiary/aromatic N) is 1. The van der Waals surface area contributed by atoms with Crippen LogP contribution in [0.4, 0.5) is 13.2 Å². The molecule has 2 saturated carbocycles. The molecule has 1 heterocycles. The van der Waals surface area contributed by atoms with Crippen molar-refractivity contribution >= 4 is 22.9 Å². The summed E-state index contributed by atoms with van der Waals surface area (Å²) < 4.78 is 40.7. The van der Waals surface area contributed by atoms with Crippen LogP contribution in [0.5, 0.6) is 5.75 Å². The van der Waals surface area contributed by atoms with E-state index in [4.69, 9.17) is 0 Å². The first-order chi connectivity index (χ1) is 12.7. The summed E-state index contributed by atoms with van der Waals surface area (Å²) >= 11 is 1.33. The lowest BCUT2D eigenvalue weighted by molar-refractivity contribution is -0.274. The summed E-state index contributed by atoms with van der Waals surface area (Å²) in [6.07, 6.45) is -2.55. The van der Waals surface area contributed by atoms with Gasteiger partial charge in [0.2, 0.25) is 0 Å². The van der Waals surface area contributed by atoms with E-state index in [0.29, 0.717) is 22.7 Å². The molecule has 2 bridgehead atoms. The molecule has 2 aromatic rings. The molecule has 2 fully saturated rings.